The van der Waals surface area contributed by atoms with Crippen molar-refractivity contribution in [2.75, 3.05) is 16.3 Å². The number of rotatable bonds is 4. The molecule has 0 aromatic heterocycles. The molecule has 2 aliphatic rings. The molecule has 0 bridgehead atoms. The van der Waals surface area contributed by atoms with Crippen LogP contribution in [0.1, 0.15) is 16.7 Å². The van der Waals surface area contributed by atoms with E-state index >= 15 is 0 Å². The lowest BCUT2D eigenvalue weighted by Gasteiger charge is -2.28. The Morgan fingerprint density at radius 2 is 1.76 bits per heavy atom. The van der Waals surface area contributed by atoms with Gasteiger partial charge in [-0.2, -0.15) is 0 Å². The molecule has 0 unspecified atom stereocenters. The Kier molecular flexibility index (Phi) is 5.70. The second kappa shape index (κ2) is 8.81. The van der Waals surface area contributed by atoms with Crippen molar-refractivity contribution in [1.82, 2.24) is 5.32 Å². The minimum absolute atomic E-state index is 0.0540. The Balaban J connectivity index is 1.42. The molecule has 1 saturated heterocycles. The highest BCUT2D eigenvalue weighted by Crippen LogP contribution is 2.32. The summed E-state index contributed by atoms with van der Waals surface area (Å²) in [5.41, 5.74) is 4.87. The van der Waals surface area contributed by atoms with Crippen LogP contribution in [0.15, 0.2) is 78.4 Å². The molecule has 2 aliphatic heterocycles. The van der Waals surface area contributed by atoms with Crippen LogP contribution in [0.5, 0.6) is 0 Å². The molecule has 0 saturated carbocycles. The second-order valence-electron chi connectivity index (χ2n) is 7.94. The van der Waals surface area contributed by atoms with Gasteiger partial charge in [-0.25, -0.2) is 0 Å². The second-order valence-corrected chi connectivity index (χ2v) is 8.74. The van der Waals surface area contributed by atoms with Crippen LogP contribution in [0.4, 0.5) is 11.4 Å². The van der Waals surface area contributed by atoms with Crippen molar-refractivity contribution in [2.24, 2.45) is 0 Å². The first kappa shape index (κ1) is 21.4. The van der Waals surface area contributed by atoms with Gasteiger partial charge in [0.25, 0.3) is 11.8 Å². The molecule has 3 aromatic rings. The molecule has 3 aromatic carbocycles. The van der Waals surface area contributed by atoms with Gasteiger partial charge in [0.1, 0.15) is 5.57 Å². The molecular weight excluding hydrogens is 454 g/mol. The maximum atomic E-state index is 13.2. The topological polar surface area (TPSA) is 52.7 Å². The predicted octanol–water partition coefficient (Wildman–Crippen LogP) is 4.73. The lowest BCUT2D eigenvalue weighted by atomic mass is 10.0. The number of thiocarbonyl (C=S) groups is 1. The number of benzene rings is 3. The summed E-state index contributed by atoms with van der Waals surface area (Å²) in [7, 11) is 0. The fourth-order valence-electron chi connectivity index (χ4n) is 4.21. The summed E-state index contributed by atoms with van der Waals surface area (Å²) < 4.78 is 0. The molecule has 1 N–H and O–H groups in total. The van der Waals surface area contributed by atoms with Crippen LogP contribution in [0.25, 0.3) is 6.08 Å². The molecule has 7 heteroatoms. The van der Waals surface area contributed by atoms with Gasteiger partial charge < -0.3 is 4.90 Å². The molecule has 5 rings (SSSR count). The van der Waals surface area contributed by atoms with Gasteiger partial charge in [-0.3, -0.25) is 19.8 Å². The van der Waals surface area contributed by atoms with E-state index in [1.807, 2.05) is 60.7 Å². The number of halogens is 1. The summed E-state index contributed by atoms with van der Waals surface area (Å²) in [4.78, 5) is 29.4. The summed E-state index contributed by atoms with van der Waals surface area (Å²) in [6.07, 6.45) is 2.52. The largest absolute Gasteiger partial charge is 0.367 e. The van der Waals surface area contributed by atoms with Crippen molar-refractivity contribution in [1.29, 1.82) is 0 Å². The monoisotopic (exact) mass is 473 g/mol. The minimum atomic E-state index is -0.488. The molecule has 0 atom stereocenters. The summed E-state index contributed by atoms with van der Waals surface area (Å²) >= 11 is 11.6. The summed E-state index contributed by atoms with van der Waals surface area (Å²) in [6, 6.07) is 22.9. The third-order valence-electron chi connectivity index (χ3n) is 5.84. The average molecular weight is 474 g/mol. The van der Waals surface area contributed by atoms with Crippen molar-refractivity contribution in [3.63, 3.8) is 0 Å². The number of fused-ring (bicyclic) bond motifs is 1. The van der Waals surface area contributed by atoms with Crippen molar-refractivity contribution < 1.29 is 9.59 Å². The third kappa shape index (κ3) is 4.15. The van der Waals surface area contributed by atoms with E-state index in [0.29, 0.717) is 5.69 Å². The Hall–Kier alpha value is -3.48. The first-order valence-electron chi connectivity index (χ1n) is 10.6. The summed E-state index contributed by atoms with van der Waals surface area (Å²) in [6.45, 7) is 1.62. The van der Waals surface area contributed by atoms with Crippen LogP contribution in [0.3, 0.4) is 0 Å². The molecule has 0 aliphatic carbocycles. The summed E-state index contributed by atoms with van der Waals surface area (Å²) in [5.74, 6) is -0.922. The van der Waals surface area contributed by atoms with Crippen LogP contribution >= 0.6 is 23.8 Å². The maximum absolute atomic E-state index is 13.2. The number of hydrogen-bond donors (Lipinski definition) is 1. The molecule has 2 heterocycles. The number of amides is 2. The van der Waals surface area contributed by atoms with Crippen LogP contribution in [-0.2, 0) is 22.6 Å². The average Bonchev–Trinajstić information content (AvgIpc) is 3.21. The van der Waals surface area contributed by atoms with Crippen molar-refractivity contribution in [3.8, 4) is 0 Å². The lowest BCUT2D eigenvalue weighted by molar-refractivity contribution is -0.122. The summed E-state index contributed by atoms with van der Waals surface area (Å²) in [5, 5.41) is 3.47. The van der Waals surface area contributed by atoms with E-state index in [-0.39, 0.29) is 10.7 Å². The standard InChI is InChI=1S/C26H20ClN3O2S/c27-22-9-5-4-6-19(22)16-29-13-12-18-14-17(10-11-23(18)29)15-21-24(31)28-26(33)30(25(21)32)20-7-2-1-3-8-20/h1-11,14-15H,12-13,16H2,(H,28,31,33)/b21-15+. The number of para-hydroxylation sites is 1. The van der Waals surface area contributed by atoms with E-state index in [0.717, 1.165) is 41.3 Å². The zero-order valence-corrected chi connectivity index (χ0v) is 19.2. The van der Waals surface area contributed by atoms with Crippen LogP contribution < -0.4 is 15.1 Å². The van der Waals surface area contributed by atoms with E-state index < -0.39 is 11.8 Å². The highest BCUT2D eigenvalue weighted by atomic mass is 35.5. The number of nitrogens with zero attached hydrogens (tertiary/aromatic N) is 2. The predicted molar refractivity (Wildman–Crippen MR) is 135 cm³/mol. The minimum Gasteiger partial charge on any atom is -0.367 e. The van der Waals surface area contributed by atoms with Gasteiger partial charge in [0, 0.05) is 23.8 Å². The van der Waals surface area contributed by atoms with E-state index in [1.165, 1.54) is 10.5 Å². The molecule has 0 spiro atoms. The van der Waals surface area contributed by atoms with Gasteiger partial charge >= 0.3 is 0 Å². The third-order valence-corrected chi connectivity index (χ3v) is 6.49. The van der Waals surface area contributed by atoms with Crippen LogP contribution in [0.2, 0.25) is 5.02 Å². The fraction of sp³-hybridized carbons (Fsp3) is 0.115. The lowest BCUT2D eigenvalue weighted by Crippen LogP contribution is -2.54. The highest BCUT2D eigenvalue weighted by molar-refractivity contribution is 7.80. The van der Waals surface area contributed by atoms with E-state index in [2.05, 4.69) is 10.2 Å². The fourth-order valence-corrected chi connectivity index (χ4v) is 4.69. The van der Waals surface area contributed by atoms with Crippen LogP contribution in [0, 0.1) is 0 Å². The number of nitrogens with one attached hydrogen (secondary N) is 1. The van der Waals surface area contributed by atoms with Gasteiger partial charge in [0.05, 0.1) is 5.69 Å². The molecule has 2 amide bonds. The molecule has 5 nitrogen and oxygen atoms in total. The quantitative estimate of drug-likeness (QED) is 0.338. The Morgan fingerprint density at radius 3 is 2.55 bits per heavy atom. The van der Waals surface area contributed by atoms with Gasteiger partial charge in [0.15, 0.2) is 5.11 Å². The first-order chi connectivity index (χ1) is 16.0. The number of carbonyl (C=O) groups excluding carboxylic acids is 2. The van der Waals surface area contributed by atoms with E-state index in [1.54, 1.807) is 18.2 Å². The highest BCUT2D eigenvalue weighted by Gasteiger charge is 2.34. The first-order valence-corrected chi connectivity index (χ1v) is 11.4. The number of carbonyl (C=O) groups is 2. The van der Waals surface area contributed by atoms with Crippen LogP contribution in [-0.4, -0.2) is 23.5 Å². The Morgan fingerprint density at radius 1 is 1.00 bits per heavy atom. The zero-order chi connectivity index (χ0) is 22.9. The zero-order valence-electron chi connectivity index (χ0n) is 17.6. The van der Waals surface area contributed by atoms with Gasteiger partial charge in [0.2, 0.25) is 0 Å². The smallest absolute Gasteiger partial charge is 0.270 e. The van der Waals surface area contributed by atoms with E-state index in [4.69, 9.17) is 23.8 Å². The van der Waals surface area contributed by atoms with Crippen molar-refractivity contribution in [2.45, 2.75) is 13.0 Å². The SMILES string of the molecule is O=C1NC(=S)N(c2ccccc2)C(=O)/C1=C/c1ccc2c(c1)CCN2Cc1ccccc1Cl. The van der Waals surface area contributed by atoms with Gasteiger partial charge in [-0.05, 0) is 71.7 Å². The molecule has 33 heavy (non-hydrogen) atoms. The van der Waals surface area contributed by atoms with Crippen molar-refractivity contribution >= 4 is 58.2 Å². The van der Waals surface area contributed by atoms with E-state index in [9.17, 15) is 9.59 Å². The molecule has 164 valence electrons. The molecule has 1 fully saturated rings. The normalized spacial score (nSPS) is 16.9. The Labute approximate surface area is 202 Å². The van der Waals surface area contributed by atoms with Gasteiger partial charge in [-0.1, -0.05) is 54.1 Å². The number of anilines is 2. The van der Waals surface area contributed by atoms with Crippen molar-refractivity contribution in [3.05, 3.63) is 100 Å². The molecular formula is C26H20ClN3O2S. The Bertz CT molecular complexity index is 1310. The van der Waals surface area contributed by atoms with Gasteiger partial charge in [-0.15, -0.1) is 0 Å². The number of hydrogen-bond acceptors (Lipinski definition) is 4. The molecule has 0 radical (unpaired) electrons. The maximum Gasteiger partial charge on any atom is 0.270 e.